The predicted octanol–water partition coefficient (Wildman–Crippen LogP) is 2.28. The van der Waals surface area contributed by atoms with E-state index in [0.29, 0.717) is 43.7 Å². The van der Waals surface area contributed by atoms with Gasteiger partial charge in [0.05, 0.1) is 23.1 Å². The molecule has 9 heteroatoms. The van der Waals surface area contributed by atoms with E-state index in [1.165, 1.54) is 25.5 Å². The number of halogens is 1. The zero-order valence-electron chi connectivity index (χ0n) is 18.5. The summed E-state index contributed by atoms with van der Waals surface area (Å²) < 4.78 is 19.3. The van der Waals surface area contributed by atoms with Gasteiger partial charge in [0.1, 0.15) is 23.7 Å². The monoisotopic (exact) mass is 457 g/mol. The molecular formula is C24H28FN3O5. The number of amides is 2. The normalized spacial score (nSPS) is 18.5. The second kappa shape index (κ2) is 9.35. The van der Waals surface area contributed by atoms with Crippen LogP contribution >= 0.6 is 0 Å². The fraction of sp³-hybridized carbons (Fsp3) is 0.458. The van der Waals surface area contributed by atoms with Crippen molar-refractivity contribution >= 4 is 23.3 Å². The van der Waals surface area contributed by atoms with E-state index in [-0.39, 0.29) is 23.3 Å². The Hall–Kier alpha value is -3.20. The molecule has 1 aromatic carbocycles. The highest BCUT2D eigenvalue weighted by molar-refractivity contribution is 6.04. The number of nitrogens with one attached hydrogen (secondary N) is 2. The molecule has 1 aromatic heterocycles. The number of nitrogens with zero attached hydrogens (tertiary/aromatic N) is 1. The number of ketones is 1. The summed E-state index contributed by atoms with van der Waals surface area (Å²) in [5, 5.41) is 15.4. The van der Waals surface area contributed by atoms with Gasteiger partial charge in [-0.05, 0) is 56.7 Å². The molecule has 2 heterocycles. The smallest absolute Gasteiger partial charge is 0.255 e. The van der Waals surface area contributed by atoms with Crippen LogP contribution in [-0.2, 0) is 4.79 Å². The van der Waals surface area contributed by atoms with Crippen molar-refractivity contribution < 1.29 is 28.3 Å². The summed E-state index contributed by atoms with van der Waals surface area (Å²) in [6.45, 7) is 3.02. The van der Waals surface area contributed by atoms with Crippen molar-refractivity contribution in [3.8, 4) is 0 Å². The van der Waals surface area contributed by atoms with Gasteiger partial charge < -0.3 is 25.1 Å². The minimum Gasteiger partial charge on any atom is -0.472 e. The summed E-state index contributed by atoms with van der Waals surface area (Å²) in [6.07, 6.45) is 4.18. The van der Waals surface area contributed by atoms with E-state index in [9.17, 15) is 23.9 Å². The first kappa shape index (κ1) is 23.0. The molecule has 2 aliphatic rings. The summed E-state index contributed by atoms with van der Waals surface area (Å²) in [5.74, 6) is -1.56. The third-order valence-electron chi connectivity index (χ3n) is 6.44. The zero-order valence-corrected chi connectivity index (χ0v) is 18.5. The zero-order chi connectivity index (χ0) is 23.6. The molecule has 2 fully saturated rings. The minimum absolute atomic E-state index is 0.0803. The van der Waals surface area contributed by atoms with Gasteiger partial charge in [0, 0.05) is 19.6 Å². The SMILES string of the molecule is CC(O)C(=O)c1c(F)cccc1N1CCC(CNC(=O)C2(NC(=O)c3ccoc3)CC2)CC1. The molecule has 2 amide bonds. The van der Waals surface area contributed by atoms with Crippen LogP contribution in [0.3, 0.4) is 0 Å². The highest BCUT2D eigenvalue weighted by Crippen LogP contribution is 2.36. The van der Waals surface area contributed by atoms with Gasteiger partial charge in [0.25, 0.3) is 5.91 Å². The van der Waals surface area contributed by atoms with Crippen molar-refractivity contribution in [2.24, 2.45) is 5.92 Å². The number of carbonyl (C=O) groups is 3. The Kier molecular flexibility index (Phi) is 6.51. The van der Waals surface area contributed by atoms with Crippen LogP contribution < -0.4 is 15.5 Å². The van der Waals surface area contributed by atoms with Crippen molar-refractivity contribution in [3.63, 3.8) is 0 Å². The van der Waals surface area contributed by atoms with Crippen LogP contribution in [-0.4, -0.2) is 54.0 Å². The lowest BCUT2D eigenvalue weighted by Gasteiger charge is -2.35. The summed E-state index contributed by atoms with van der Waals surface area (Å²) in [5.41, 5.74) is -0.0647. The van der Waals surface area contributed by atoms with E-state index in [1.807, 2.05) is 4.90 Å². The number of rotatable bonds is 8. The number of carbonyl (C=O) groups excluding carboxylic acids is 3. The van der Waals surface area contributed by atoms with E-state index < -0.39 is 23.2 Å². The van der Waals surface area contributed by atoms with Gasteiger partial charge in [0.2, 0.25) is 5.91 Å². The Balaban J connectivity index is 1.30. The van der Waals surface area contributed by atoms with Crippen molar-refractivity contribution in [1.82, 2.24) is 10.6 Å². The van der Waals surface area contributed by atoms with Crippen molar-refractivity contribution in [2.75, 3.05) is 24.5 Å². The molecule has 1 aliphatic heterocycles. The summed E-state index contributed by atoms with van der Waals surface area (Å²) in [6, 6.07) is 6.03. The largest absolute Gasteiger partial charge is 0.472 e. The second-order valence-corrected chi connectivity index (χ2v) is 8.86. The van der Waals surface area contributed by atoms with Gasteiger partial charge in [-0.15, -0.1) is 0 Å². The van der Waals surface area contributed by atoms with E-state index >= 15 is 0 Å². The maximum absolute atomic E-state index is 14.4. The average molecular weight is 458 g/mol. The minimum atomic E-state index is -1.28. The Morgan fingerprint density at radius 2 is 1.97 bits per heavy atom. The third kappa shape index (κ3) is 4.93. The molecule has 1 saturated heterocycles. The van der Waals surface area contributed by atoms with Crippen LogP contribution in [0.1, 0.15) is 53.3 Å². The molecule has 0 radical (unpaired) electrons. The number of Topliss-reactive ketones (excluding diaryl/α,β-unsaturated/α-hetero) is 1. The van der Waals surface area contributed by atoms with Gasteiger partial charge in [-0.25, -0.2) is 4.39 Å². The number of aliphatic hydroxyl groups excluding tert-OH is 1. The number of anilines is 1. The van der Waals surface area contributed by atoms with Gasteiger partial charge >= 0.3 is 0 Å². The molecule has 3 N–H and O–H groups in total. The van der Waals surface area contributed by atoms with Gasteiger partial charge in [-0.1, -0.05) is 6.07 Å². The van der Waals surface area contributed by atoms with Gasteiger partial charge in [-0.2, -0.15) is 0 Å². The molecule has 1 aliphatic carbocycles. The highest BCUT2D eigenvalue weighted by Gasteiger charge is 2.51. The van der Waals surface area contributed by atoms with Crippen LogP contribution in [0.5, 0.6) is 0 Å². The Morgan fingerprint density at radius 1 is 1.24 bits per heavy atom. The number of piperidine rings is 1. The molecular weight excluding hydrogens is 429 g/mol. The number of hydrogen-bond donors (Lipinski definition) is 3. The number of furan rings is 1. The first-order valence-electron chi connectivity index (χ1n) is 11.2. The first-order valence-corrected chi connectivity index (χ1v) is 11.2. The molecule has 176 valence electrons. The van der Waals surface area contributed by atoms with Crippen molar-refractivity contribution in [3.05, 3.63) is 53.7 Å². The van der Waals surface area contributed by atoms with Gasteiger partial charge in [-0.3, -0.25) is 14.4 Å². The number of aliphatic hydroxyl groups is 1. The molecule has 4 rings (SSSR count). The quantitative estimate of drug-likeness (QED) is 0.525. The van der Waals surface area contributed by atoms with Crippen LogP contribution in [0.4, 0.5) is 10.1 Å². The molecule has 1 saturated carbocycles. The van der Waals surface area contributed by atoms with Crippen molar-refractivity contribution in [2.45, 2.75) is 44.2 Å². The molecule has 0 bridgehead atoms. The van der Waals surface area contributed by atoms with Crippen LogP contribution in [0.2, 0.25) is 0 Å². The topological polar surface area (TPSA) is 112 Å². The molecule has 33 heavy (non-hydrogen) atoms. The third-order valence-corrected chi connectivity index (χ3v) is 6.44. The maximum Gasteiger partial charge on any atom is 0.255 e. The van der Waals surface area contributed by atoms with E-state index in [4.69, 9.17) is 4.42 Å². The first-order chi connectivity index (χ1) is 15.8. The predicted molar refractivity (Wildman–Crippen MR) is 118 cm³/mol. The molecule has 1 atom stereocenters. The molecule has 1 unspecified atom stereocenters. The van der Waals surface area contributed by atoms with Crippen molar-refractivity contribution in [1.29, 1.82) is 0 Å². The molecule has 8 nitrogen and oxygen atoms in total. The lowest BCUT2D eigenvalue weighted by molar-refractivity contribution is -0.124. The summed E-state index contributed by atoms with van der Waals surface area (Å²) in [4.78, 5) is 39.3. The highest BCUT2D eigenvalue weighted by atomic mass is 19.1. The molecule has 0 spiro atoms. The fourth-order valence-electron chi connectivity index (χ4n) is 4.23. The Morgan fingerprint density at radius 3 is 2.58 bits per heavy atom. The van der Waals surface area contributed by atoms with Crippen LogP contribution in [0.15, 0.2) is 41.2 Å². The lowest BCUT2D eigenvalue weighted by atomic mass is 9.94. The maximum atomic E-state index is 14.4. The lowest BCUT2D eigenvalue weighted by Crippen LogP contribution is -2.50. The van der Waals surface area contributed by atoms with E-state index in [0.717, 1.165) is 12.8 Å². The molecule has 2 aromatic rings. The number of benzene rings is 1. The number of hydrogen-bond acceptors (Lipinski definition) is 6. The van der Waals surface area contributed by atoms with Gasteiger partial charge in [0.15, 0.2) is 5.78 Å². The average Bonchev–Trinajstić information content (AvgIpc) is 3.37. The van der Waals surface area contributed by atoms with Crippen LogP contribution in [0.25, 0.3) is 0 Å². The Labute approximate surface area is 191 Å². The Bertz CT molecular complexity index is 1020. The summed E-state index contributed by atoms with van der Waals surface area (Å²) >= 11 is 0. The van der Waals surface area contributed by atoms with E-state index in [2.05, 4.69) is 10.6 Å². The van der Waals surface area contributed by atoms with E-state index in [1.54, 1.807) is 18.2 Å². The summed E-state index contributed by atoms with van der Waals surface area (Å²) in [7, 11) is 0. The second-order valence-electron chi connectivity index (χ2n) is 8.86. The van der Waals surface area contributed by atoms with Crippen LogP contribution in [0, 0.1) is 11.7 Å². The fourth-order valence-corrected chi connectivity index (χ4v) is 4.23. The standard InChI is InChI=1S/C24H28FN3O5/c1-15(29)21(30)20-18(25)3-2-4-19(20)28-10-5-16(6-11-28)13-26-23(32)24(8-9-24)27-22(31)17-7-12-33-14-17/h2-4,7,12,14-16,29H,5-6,8-11,13H2,1H3,(H,26,32)(H,27,31).